The molecule has 1 aromatic heterocycles. The first-order chi connectivity index (χ1) is 13.3. The zero-order valence-electron chi connectivity index (χ0n) is 16.6. The second-order valence-electron chi connectivity index (χ2n) is 8.41. The van der Waals surface area contributed by atoms with Gasteiger partial charge in [0, 0.05) is 18.0 Å². The molecular weight excluding hydrogens is 354 g/mol. The monoisotopic (exact) mass is 381 g/mol. The zero-order chi connectivity index (χ0) is 20.1. The number of carbonyl (C=O) groups excluding carboxylic acids is 2. The van der Waals surface area contributed by atoms with Crippen molar-refractivity contribution in [1.82, 2.24) is 4.98 Å². The molecule has 1 saturated carbocycles. The van der Waals surface area contributed by atoms with Crippen LogP contribution in [-0.2, 0) is 14.3 Å². The van der Waals surface area contributed by atoms with Crippen molar-refractivity contribution in [3.63, 3.8) is 0 Å². The third-order valence-electron chi connectivity index (χ3n) is 5.07. The van der Waals surface area contributed by atoms with Gasteiger partial charge in [0.25, 0.3) is 0 Å². The minimum absolute atomic E-state index is 0.122. The first-order valence-electron chi connectivity index (χ1n) is 9.70. The van der Waals surface area contributed by atoms with Crippen molar-refractivity contribution in [1.29, 1.82) is 0 Å². The van der Waals surface area contributed by atoms with Gasteiger partial charge in [-0.25, -0.2) is 9.59 Å². The molecule has 1 aromatic carbocycles. The highest BCUT2D eigenvalue weighted by Gasteiger charge is 2.36. The lowest BCUT2D eigenvalue weighted by molar-refractivity contribution is -0.164. The van der Waals surface area contributed by atoms with E-state index in [1.165, 1.54) is 6.20 Å². The van der Waals surface area contributed by atoms with Crippen LogP contribution in [0.5, 0.6) is 0 Å². The van der Waals surface area contributed by atoms with Gasteiger partial charge in [0.2, 0.25) is 6.10 Å². The molecule has 0 spiro atoms. The minimum atomic E-state index is -1.10. The zero-order valence-corrected chi connectivity index (χ0v) is 16.6. The van der Waals surface area contributed by atoms with Crippen molar-refractivity contribution in [3.05, 3.63) is 66.0 Å². The van der Waals surface area contributed by atoms with Crippen LogP contribution in [0.4, 0.5) is 0 Å². The van der Waals surface area contributed by atoms with Crippen LogP contribution in [0.1, 0.15) is 62.1 Å². The Labute approximate surface area is 166 Å². The fourth-order valence-electron chi connectivity index (χ4n) is 4.11. The highest BCUT2D eigenvalue weighted by molar-refractivity contribution is 5.91. The molecule has 0 radical (unpaired) electrons. The second kappa shape index (κ2) is 8.55. The summed E-state index contributed by atoms with van der Waals surface area (Å²) in [6.45, 7) is 6.57. The summed E-state index contributed by atoms with van der Waals surface area (Å²) in [6, 6.07) is 12.2. The standard InChI is InChI=1S/C23H27NO4/c1-16-12-19(14-23(2,3)13-16)27-22(26)20(17-8-5-4-6-9-17)28-21(25)18-10-7-11-24-15-18/h4-11,15-16,19-20H,12-14H2,1-3H3/t16-,19-,20-/m1/s1. The molecule has 0 unspecified atom stereocenters. The molecule has 3 rings (SSSR count). The van der Waals surface area contributed by atoms with E-state index in [9.17, 15) is 9.59 Å². The summed E-state index contributed by atoms with van der Waals surface area (Å²) in [5.74, 6) is -0.649. The Morgan fingerprint density at radius 3 is 2.50 bits per heavy atom. The summed E-state index contributed by atoms with van der Waals surface area (Å²) in [5.41, 5.74) is 1.01. The summed E-state index contributed by atoms with van der Waals surface area (Å²) in [6.07, 6.45) is 4.46. The smallest absolute Gasteiger partial charge is 0.352 e. The van der Waals surface area contributed by atoms with Gasteiger partial charge in [-0.1, -0.05) is 51.1 Å². The van der Waals surface area contributed by atoms with E-state index in [2.05, 4.69) is 25.8 Å². The first-order valence-corrected chi connectivity index (χ1v) is 9.70. The molecule has 1 aliphatic carbocycles. The van der Waals surface area contributed by atoms with Crippen LogP contribution < -0.4 is 0 Å². The maximum atomic E-state index is 13.0. The largest absolute Gasteiger partial charge is 0.459 e. The molecule has 5 nitrogen and oxygen atoms in total. The van der Waals surface area contributed by atoms with Crippen molar-refractivity contribution in [2.24, 2.45) is 11.3 Å². The number of esters is 2. The van der Waals surface area contributed by atoms with E-state index in [1.807, 2.05) is 6.07 Å². The topological polar surface area (TPSA) is 65.5 Å². The number of benzene rings is 1. The molecule has 3 atom stereocenters. The van der Waals surface area contributed by atoms with Gasteiger partial charge in [-0.05, 0) is 42.7 Å². The molecule has 2 aromatic rings. The molecular formula is C23H27NO4. The molecule has 0 aliphatic heterocycles. The average molecular weight is 381 g/mol. The maximum Gasteiger partial charge on any atom is 0.352 e. The first kappa shape index (κ1) is 20.1. The van der Waals surface area contributed by atoms with Gasteiger partial charge in [0.15, 0.2) is 0 Å². The Kier molecular flexibility index (Phi) is 6.12. The van der Waals surface area contributed by atoms with E-state index in [0.29, 0.717) is 17.0 Å². The van der Waals surface area contributed by atoms with E-state index in [-0.39, 0.29) is 11.5 Å². The summed E-state index contributed by atoms with van der Waals surface area (Å²) >= 11 is 0. The highest BCUT2D eigenvalue weighted by atomic mass is 16.6. The third kappa shape index (κ3) is 5.18. The Hall–Kier alpha value is -2.69. The van der Waals surface area contributed by atoms with Gasteiger partial charge in [0.1, 0.15) is 6.10 Å². The summed E-state index contributed by atoms with van der Waals surface area (Å²) in [5, 5.41) is 0. The van der Waals surface area contributed by atoms with Crippen molar-refractivity contribution in [2.45, 2.75) is 52.2 Å². The summed E-state index contributed by atoms with van der Waals surface area (Å²) < 4.78 is 11.4. The van der Waals surface area contributed by atoms with Gasteiger partial charge in [0.05, 0.1) is 5.56 Å². The number of pyridine rings is 1. The predicted octanol–water partition coefficient (Wildman–Crippen LogP) is 4.74. The molecule has 5 heteroatoms. The van der Waals surface area contributed by atoms with Crippen molar-refractivity contribution in [2.75, 3.05) is 0 Å². The van der Waals surface area contributed by atoms with E-state index < -0.39 is 18.0 Å². The average Bonchev–Trinajstić information content (AvgIpc) is 2.65. The fraction of sp³-hybridized carbons (Fsp3) is 0.435. The molecule has 0 amide bonds. The van der Waals surface area contributed by atoms with E-state index in [0.717, 1.165) is 19.3 Å². The molecule has 0 N–H and O–H groups in total. The third-order valence-corrected chi connectivity index (χ3v) is 5.07. The van der Waals surface area contributed by atoms with Crippen molar-refractivity contribution >= 4 is 11.9 Å². The normalized spacial score (nSPS) is 22.1. The van der Waals surface area contributed by atoms with Crippen LogP contribution >= 0.6 is 0 Å². The maximum absolute atomic E-state index is 13.0. The SMILES string of the molecule is C[C@@H]1C[C@@H](OC(=O)[C@H](OC(=O)c2cccnc2)c2ccccc2)CC(C)(C)C1. The fourth-order valence-corrected chi connectivity index (χ4v) is 4.11. The van der Waals surface area contributed by atoms with Gasteiger partial charge < -0.3 is 9.47 Å². The Balaban J connectivity index is 1.77. The lowest BCUT2D eigenvalue weighted by atomic mass is 9.71. The van der Waals surface area contributed by atoms with Gasteiger partial charge in [-0.2, -0.15) is 0 Å². The molecule has 0 bridgehead atoms. The molecule has 0 saturated heterocycles. The quantitative estimate of drug-likeness (QED) is 0.700. The predicted molar refractivity (Wildman–Crippen MR) is 106 cm³/mol. The molecule has 1 fully saturated rings. The number of rotatable bonds is 5. The van der Waals surface area contributed by atoms with Crippen LogP contribution in [0.15, 0.2) is 54.9 Å². The summed E-state index contributed by atoms with van der Waals surface area (Å²) in [4.78, 5) is 29.4. The van der Waals surface area contributed by atoms with Crippen LogP contribution in [0.3, 0.4) is 0 Å². The van der Waals surface area contributed by atoms with E-state index >= 15 is 0 Å². The van der Waals surface area contributed by atoms with Crippen LogP contribution in [0.25, 0.3) is 0 Å². The lowest BCUT2D eigenvalue weighted by Gasteiger charge is -2.38. The number of hydrogen-bond acceptors (Lipinski definition) is 5. The number of aromatic nitrogens is 1. The minimum Gasteiger partial charge on any atom is -0.459 e. The number of hydrogen-bond donors (Lipinski definition) is 0. The second-order valence-corrected chi connectivity index (χ2v) is 8.41. The number of nitrogens with zero attached hydrogens (tertiary/aromatic N) is 1. The Morgan fingerprint density at radius 2 is 1.86 bits per heavy atom. The Bertz CT molecular complexity index is 804. The Morgan fingerprint density at radius 1 is 1.11 bits per heavy atom. The van der Waals surface area contributed by atoms with Crippen molar-refractivity contribution in [3.8, 4) is 0 Å². The van der Waals surface area contributed by atoms with E-state index in [4.69, 9.17) is 9.47 Å². The van der Waals surface area contributed by atoms with Crippen molar-refractivity contribution < 1.29 is 19.1 Å². The molecule has 1 heterocycles. The van der Waals surface area contributed by atoms with Gasteiger partial charge >= 0.3 is 11.9 Å². The van der Waals surface area contributed by atoms with Crippen LogP contribution in [-0.4, -0.2) is 23.0 Å². The number of ether oxygens (including phenoxy) is 2. The van der Waals surface area contributed by atoms with Crippen LogP contribution in [0.2, 0.25) is 0 Å². The van der Waals surface area contributed by atoms with Gasteiger partial charge in [-0.15, -0.1) is 0 Å². The molecule has 148 valence electrons. The summed E-state index contributed by atoms with van der Waals surface area (Å²) in [7, 11) is 0. The highest BCUT2D eigenvalue weighted by Crippen LogP contribution is 2.40. The molecule has 1 aliphatic rings. The molecule has 28 heavy (non-hydrogen) atoms. The lowest BCUT2D eigenvalue weighted by Crippen LogP contribution is -2.35. The van der Waals surface area contributed by atoms with Crippen LogP contribution in [0, 0.1) is 11.3 Å². The van der Waals surface area contributed by atoms with Gasteiger partial charge in [-0.3, -0.25) is 4.98 Å². The van der Waals surface area contributed by atoms with E-state index in [1.54, 1.807) is 42.6 Å². The number of carbonyl (C=O) groups is 2.